The van der Waals surface area contributed by atoms with E-state index in [0.29, 0.717) is 0 Å². The van der Waals surface area contributed by atoms with Crippen LogP contribution < -0.4 is 0 Å². The number of hydrogen-bond donors (Lipinski definition) is 1. The summed E-state index contributed by atoms with van der Waals surface area (Å²) in [6.45, 7) is 3.45. The van der Waals surface area contributed by atoms with Gasteiger partial charge in [0.25, 0.3) is 0 Å². The number of nitrogens with zero attached hydrogens (tertiary/aromatic N) is 2. The molecule has 1 unspecified atom stereocenters. The van der Waals surface area contributed by atoms with Crippen molar-refractivity contribution in [3.63, 3.8) is 0 Å². The lowest BCUT2D eigenvalue weighted by atomic mass is 9.84. The topological polar surface area (TPSA) is 56.9 Å². The zero-order chi connectivity index (χ0) is 12.5. The van der Waals surface area contributed by atoms with Gasteiger partial charge in [-0.25, -0.2) is 0 Å². The first-order chi connectivity index (χ1) is 8.04. The molecular weight excluding hydrogens is 212 g/mol. The van der Waals surface area contributed by atoms with E-state index in [-0.39, 0.29) is 0 Å². The molecule has 17 heavy (non-hydrogen) atoms. The van der Waals surface area contributed by atoms with Crippen LogP contribution in [0.15, 0.2) is 36.5 Å². The fourth-order valence-corrected chi connectivity index (χ4v) is 1.74. The van der Waals surface area contributed by atoms with Gasteiger partial charge in [0.2, 0.25) is 0 Å². The minimum Gasteiger partial charge on any atom is -0.387 e. The van der Waals surface area contributed by atoms with Crippen molar-refractivity contribution in [1.29, 1.82) is 5.26 Å². The van der Waals surface area contributed by atoms with Crippen LogP contribution in [-0.2, 0) is 0 Å². The van der Waals surface area contributed by atoms with Crippen molar-refractivity contribution in [2.45, 2.75) is 20.0 Å². The molecule has 1 atom stereocenters. The third-order valence-corrected chi connectivity index (χ3v) is 2.91. The Morgan fingerprint density at radius 1 is 1.35 bits per heavy atom. The Kier molecular flexibility index (Phi) is 2.83. The van der Waals surface area contributed by atoms with Crippen LogP contribution in [0.5, 0.6) is 0 Å². The van der Waals surface area contributed by atoms with Gasteiger partial charge in [-0.05, 0) is 37.6 Å². The van der Waals surface area contributed by atoms with Crippen LogP contribution in [0, 0.1) is 16.7 Å². The van der Waals surface area contributed by atoms with Gasteiger partial charge in [-0.2, -0.15) is 5.26 Å². The lowest BCUT2D eigenvalue weighted by Crippen LogP contribution is -2.19. The van der Waals surface area contributed by atoms with Crippen molar-refractivity contribution in [2.75, 3.05) is 0 Å². The first kappa shape index (κ1) is 11.6. The number of benzene rings is 1. The highest BCUT2D eigenvalue weighted by Crippen LogP contribution is 2.33. The van der Waals surface area contributed by atoms with Crippen molar-refractivity contribution < 1.29 is 5.11 Å². The van der Waals surface area contributed by atoms with Crippen LogP contribution in [0.1, 0.15) is 25.5 Å². The number of nitriles is 1. The zero-order valence-electron chi connectivity index (χ0n) is 9.88. The highest BCUT2D eigenvalue weighted by atomic mass is 16.3. The van der Waals surface area contributed by atoms with Crippen molar-refractivity contribution in [3.05, 3.63) is 42.1 Å². The number of hydrogen-bond acceptors (Lipinski definition) is 3. The molecule has 0 amide bonds. The molecule has 2 rings (SSSR count). The minimum atomic E-state index is -0.796. The van der Waals surface area contributed by atoms with E-state index < -0.39 is 11.5 Å². The molecule has 0 aliphatic heterocycles. The first-order valence-electron chi connectivity index (χ1n) is 5.48. The number of rotatable bonds is 2. The second kappa shape index (κ2) is 4.15. The van der Waals surface area contributed by atoms with E-state index in [1.54, 1.807) is 20.0 Å². The summed E-state index contributed by atoms with van der Waals surface area (Å²) in [5.41, 5.74) is 0.839. The molecule has 0 radical (unpaired) electrons. The monoisotopic (exact) mass is 226 g/mol. The number of fused-ring (bicyclic) bond motifs is 1. The van der Waals surface area contributed by atoms with Gasteiger partial charge >= 0.3 is 0 Å². The number of aliphatic hydroxyl groups is 1. The van der Waals surface area contributed by atoms with E-state index in [4.69, 9.17) is 5.26 Å². The van der Waals surface area contributed by atoms with Gasteiger partial charge in [-0.3, -0.25) is 4.98 Å². The average Bonchev–Trinajstić information content (AvgIpc) is 2.37. The Labute approximate surface area is 100 Å². The van der Waals surface area contributed by atoms with Crippen molar-refractivity contribution >= 4 is 10.9 Å². The van der Waals surface area contributed by atoms with Crippen LogP contribution in [-0.4, -0.2) is 10.1 Å². The predicted octanol–water partition coefficient (Wildman–Crippen LogP) is 2.82. The molecule has 0 spiro atoms. The van der Waals surface area contributed by atoms with Crippen molar-refractivity contribution in [1.82, 2.24) is 4.98 Å². The van der Waals surface area contributed by atoms with Crippen molar-refractivity contribution in [2.24, 2.45) is 5.41 Å². The van der Waals surface area contributed by atoms with Crippen LogP contribution in [0.4, 0.5) is 0 Å². The Morgan fingerprint density at radius 2 is 2.12 bits per heavy atom. The quantitative estimate of drug-likeness (QED) is 0.856. The van der Waals surface area contributed by atoms with Crippen LogP contribution in [0.25, 0.3) is 10.9 Å². The van der Waals surface area contributed by atoms with Crippen LogP contribution in [0.3, 0.4) is 0 Å². The minimum absolute atomic E-state index is 0.747. The molecule has 0 aliphatic carbocycles. The SMILES string of the molecule is CC(C)(C#N)C(O)c1ccc2ncccc2c1. The van der Waals surface area contributed by atoms with Gasteiger partial charge in [0.15, 0.2) is 0 Å². The molecule has 0 saturated heterocycles. The third-order valence-electron chi connectivity index (χ3n) is 2.91. The van der Waals surface area contributed by atoms with E-state index in [9.17, 15) is 5.11 Å². The normalized spacial score (nSPS) is 13.3. The predicted molar refractivity (Wildman–Crippen MR) is 66.1 cm³/mol. The van der Waals surface area contributed by atoms with Gasteiger partial charge in [0.1, 0.15) is 0 Å². The van der Waals surface area contributed by atoms with Crippen LogP contribution >= 0.6 is 0 Å². The van der Waals surface area contributed by atoms with Gasteiger partial charge in [-0.15, -0.1) is 0 Å². The summed E-state index contributed by atoms with van der Waals surface area (Å²) in [6.07, 6.45) is 0.939. The molecule has 1 N–H and O–H groups in total. The Balaban J connectivity index is 2.47. The Hall–Kier alpha value is -1.92. The van der Waals surface area contributed by atoms with E-state index in [2.05, 4.69) is 11.1 Å². The lowest BCUT2D eigenvalue weighted by Gasteiger charge is -2.23. The molecule has 2 aromatic rings. The van der Waals surface area contributed by atoms with E-state index >= 15 is 0 Å². The summed E-state index contributed by atoms with van der Waals surface area (Å²) in [5, 5.41) is 20.2. The van der Waals surface area contributed by atoms with Crippen molar-refractivity contribution in [3.8, 4) is 6.07 Å². The van der Waals surface area contributed by atoms with Gasteiger partial charge in [-0.1, -0.05) is 12.1 Å². The zero-order valence-corrected chi connectivity index (χ0v) is 9.88. The smallest absolute Gasteiger partial charge is 0.0971 e. The fraction of sp³-hybridized carbons (Fsp3) is 0.286. The molecule has 3 nitrogen and oxygen atoms in total. The molecule has 3 heteroatoms. The van der Waals surface area contributed by atoms with E-state index in [0.717, 1.165) is 16.5 Å². The summed E-state index contributed by atoms with van der Waals surface area (Å²) in [7, 11) is 0. The molecule has 1 aromatic carbocycles. The molecule has 0 fully saturated rings. The molecule has 0 bridgehead atoms. The van der Waals surface area contributed by atoms with Gasteiger partial charge in [0, 0.05) is 11.6 Å². The molecule has 1 heterocycles. The molecule has 0 saturated carbocycles. The highest BCUT2D eigenvalue weighted by Gasteiger charge is 2.28. The summed E-state index contributed by atoms with van der Waals surface area (Å²) in [4.78, 5) is 4.22. The number of aromatic nitrogens is 1. The summed E-state index contributed by atoms with van der Waals surface area (Å²) in [6, 6.07) is 11.5. The second-order valence-corrected chi connectivity index (χ2v) is 4.69. The maximum atomic E-state index is 10.2. The Bertz CT molecular complexity index is 584. The standard InChI is InChI=1S/C14H14N2O/c1-14(2,9-15)13(17)11-5-6-12-10(8-11)4-3-7-16-12/h3-8,13,17H,1-2H3. The summed E-state index contributed by atoms with van der Waals surface area (Å²) < 4.78 is 0. The first-order valence-corrected chi connectivity index (χ1v) is 5.48. The number of pyridine rings is 1. The van der Waals surface area contributed by atoms with E-state index in [1.165, 1.54) is 0 Å². The third kappa shape index (κ3) is 2.13. The Morgan fingerprint density at radius 3 is 2.82 bits per heavy atom. The van der Waals surface area contributed by atoms with Gasteiger partial charge < -0.3 is 5.11 Å². The lowest BCUT2D eigenvalue weighted by molar-refractivity contribution is 0.0869. The van der Waals surface area contributed by atoms with Gasteiger partial charge in [0.05, 0.1) is 23.1 Å². The van der Waals surface area contributed by atoms with E-state index in [1.807, 2.05) is 30.3 Å². The molecular formula is C14H14N2O. The molecule has 86 valence electrons. The summed E-state index contributed by atoms with van der Waals surface area (Å²) >= 11 is 0. The maximum absolute atomic E-state index is 10.2. The molecule has 0 aliphatic rings. The molecule has 1 aromatic heterocycles. The maximum Gasteiger partial charge on any atom is 0.0971 e. The fourth-order valence-electron chi connectivity index (χ4n) is 1.74. The number of aliphatic hydroxyl groups excluding tert-OH is 1. The highest BCUT2D eigenvalue weighted by molar-refractivity contribution is 5.79. The largest absolute Gasteiger partial charge is 0.387 e. The van der Waals surface area contributed by atoms with Crippen LogP contribution in [0.2, 0.25) is 0 Å². The summed E-state index contributed by atoms with van der Waals surface area (Å²) in [5.74, 6) is 0. The average molecular weight is 226 g/mol. The second-order valence-electron chi connectivity index (χ2n) is 4.69.